The number of nitrogens with zero attached hydrogens (tertiary/aromatic N) is 7. The molecule has 0 aliphatic heterocycles. The summed E-state index contributed by atoms with van der Waals surface area (Å²) in [5.74, 6) is 0. The van der Waals surface area contributed by atoms with Gasteiger partial charge in [0.05, 0.1) is 31.2 Å². The summed E-state index contributed by atoms with van der Waals surface area (Å²) in [7, 11) is 4.07. The average Bonchev–Trinajstić information content (AvgIpc) is 2.90. The molecular formula is C23H25N7O8+2. The number of rotatable bonds is 6. The molecule has 0 aliphatic carbocycles. The maximum Gasteiger partial charge on any atom is 0.549 e. The number of hydrogen-bond acceptors (Lipinski definition) is 9. The molecule has 0 fully saturated rings. The van der Waals surface area contributed by atoms with Crippen molar-refractivity contribution in [3.8, 4) is 22.8 Å². The minimum Gasteiger partial charge on any atom is -0.433 e. The normalized spacial score (nSPS) is 11.5. The Kier molecular flexibility index (Phi) is 7.27. The van der Waals surface area contributed by atoms with Crippen molar-refractivity contribution in [2.24, 2.45) is 0 Å². The van der Waals surface area contributed by atoms with Crippen LogP contribution in [0.15, 0.2) is 54.9 Å². The van der Waals surface area contributed by atoms with Crippen molar-refractivity contribution in [2.75, 3.05) is 38.2 Å². The van der Waals surface area contributed by atoms with Crippen LogP contribution in [0.5, 0.6) is 0 Å². The monoisotopic (exact) mass is 527 g/mol. The molecule has 4 N–H and O–H groups in total. The van der Waals surface area contributed by atoms with Gasteiger partial charge in [-0.2, -0.15) is 19.2 Å². The average molecular weight is 527 g/mol. The minimum atomic E-state index is -1.78. The van der Waals surface area contributed by atoms with E-state index in [0.29, 0.717) is 11.4 Å². The molecule has 0 saturated carbocycles. The number of quaternary nitrogens is 2. The van der Waals surface area contributed by atoms with Crippen LogP contribution in [0.25, 0.3) is 22.8 Å². The predicted octanol–water partition coefficient (Wildman–Crippen LogP) is 3.51. The van der Waals surface area contributed by atoms with Crippen LogP contribution in [-0.2, 0) is 0 Å². The molecule has 3 heterocycles. The lowest BCUT2D eigenvalue weighted by molar-refractivity contribution is -0.773. The third-order valence-corrected chi connectivity index (χ3v) is 6.18. The first-order chi connectivity index (χ1) is 17.8. The lowest BCUT2D eigenvalue weighted by Crippen LogP contribution is -2.64. The Morgan fingerprint density at radius 1 is 0.658 bits per heavy atom. The Morgan fingerprint density at radius 3 is 1.71 bits per heavy atom. The van der Waals surface area contributed by atoms with E-state index in [0.717, 1.165) is 38.2 Å². The minimum absolute atomic E-state index is 0.0381. The predicted molar refractivity (Wildman–Crippen MR) is 132 cm³/mol. The fraction of sp³-hybridized carbons (Fsp3) is 0.174. The number of aromatic nitrogens is 3. The number of carbonyl (C=O) groups is 4. The van der Waals surface area contributed by atoms with Crippen molar-refractivity contribution in [3.63, 3.8) is 0 Å². The molecule has 15 heteroatoms. The van der Waals surface area contributed by atoms with Crippen molar-refractivity contribution in [2.45, 2.75) is 0 Å². The van der Waals surface area contributed by atoms with Crippen molar-refractivity contribution in [1.82, 2.24) is 15.0 Å². The summed E-state index contributed by atoms with van der Waals surface area (Å²) >= 11 is 0. The van der Waals surface area contributed by atoms with Crippen LogP contribution in [0.2, 0.25) is 0 Å². The van der Waals surface area contributed by atoms with E-state index in [1.807, 2.05) is 0 Å². The zero-order valence-corrected chi connectivity index (χ0v) is 20.7. The fourth-order valence-electron chi connectivity index (χ4n) is 3.53. The summed E-state index contributed by atoms with van der Waals surface area (Å²) in [4.78, 5) is 61.5. The van der Waals surface area contributed by atoms with E-state index >= 15 is 0 Å². The molecule has 0 spiro atoms. The van der Waals surface area contributed by atoms with Gasteiger partial charge in [0.15, 0.2) is 0 Å². The van der Waals surface area contributed by atoms with Crippen molar-refractivity contribution in [1.29, 1.82) is 0 Å². The summed E-state index contributed by atoms with van der Waals surface area (Å²) < 4.78 is -3.43. The zero-order chi connectivity index (χ0) is 28.4. The molecule has 0 aliphatic rings. The number of anilines is 2. The molecule has 0 saturated heterocycles. The molecule has 3 aromatic heterocycles. The van der Waals surface area contributed by atoms with E-state index in [1.165, 1.54) is 18.3 Å². The van der Waals surface area contributed by atoms with Crippen LogP contribution < -0.4 is 10.0 Å². The van der Waals surface area contributed by atoms with E-state index in [4.69, 9.17) is 0 Å². The highest BCUT2D eigenvalue weighted by Crippen LogP contribution is 2.40. The van der Waals surface area contributed by atoms with Gasteiger partial charge >= 0.3 is 24.4 Å². The lowest BCUT2D eigenvalue weighted by Gasteiger charge is -2.37. The zero-order valence-electron chi connectivity index (χ0n) is 20.7. The lowest BCUT2D eigenvalue weighted by atomic mass is 10.1. The van der Waals surface area contributed by atoms with Crippen LogP contribution in [0, 0.1) is 0 Å². The van der Waals surface area contributed by atoms with Crippen LogP contribution in [0.3, 0.4) is 0 Å². The summed E-state index contributed by atoms with van der Waals surface area (Å²) in [5.41, 5.74) is 0.690. The summed E-state index contributed by atoms with van der Waals surface area (Å²) in [6.45, 7) is 0. The Hall–Kier alpha value is -5.15. The smallest absolute Gasteiger partial charge is 0.433 e. The number of pyridine rings is 3. The first-order valence-electron chi connectivity index (χ1n) is 10.8. The van der Waals surface area contributed by atoms with E-state index in [1.54, 1.807) is 36.5 Å². The van der Waals surface area contributed by atoms with Crippen LogP contribution in [0.4, 0.5) is 30.6 Å². The van der Waals surface area contributed by atoms with Crippen molar-refractivity contribution in [3.05, 3.63) is 54.9 Å². The molecule has 0 radical (unpaired) electrons. The summed E-state index contributed by atoms with van der Waals surface area (Å²) in [6.07, 6.45) is -4.30. The first kappa shape index (κ1) is 27.4. The van der Waals surface area contributed by atoms with Crippen LogP contribution >= 0.6 is 0 Å². The number of carboxylic acid groups (broad SMARTS) is 4. The van der Waals surface area contributed by atoms with Gasteiger partial charge in [0.1, 0.15) is 31.2 Å². The molecule has 3 aromatic rings. The van der Waals surface area contributed by atoms with Gasteiger partial charge in [-0.15, -0.1) is 0 Å². The second-order valence-electron chi connectivity index (χ2n) is 8.25. The van der Waals surface area contributed by atoms with Gasteiger partial charge in [-0.1, -0.05) is 12.1 Å². The molecule has 0 aromatic carbocycles. The maximum atomic E-state index is 12.2. The highest BCUT2D eigenvalue weighted by molar-refractivity contribution is 5.87. The molecule has 4 amide bonds. The molecule has 3 rings (SSSR count). The van der Waals surface area contributed by atoms with E-state index in [2.05, 4.69) is 15.0 Å². The van der Waals surface area contributed by atoms with Gasteiger partial charge in [0, 0.05) is 12.4 Å². The highest BCUT2D eigenvalue weighted by Gasteiger charge is 2.52. The summed E-state index contributed by atoms with van der Waals surface area (Å²) in [5, 5.41) is 40.9. The molecule has 15 nitrogen and oxygen atoms in total. The largest absolute Gasteiger partial charge is 0.549 e. The Balaban J connectivity index is 2.39. The number of imide groups is 2. The fourth-order valence-corrected chi connectivity index (χ4v) is 3.53. The molecule has 198 valence electrons. The van der Waals surface area contributed by atoms with Crippen molar-refractivity contribution >= 4 is 35.7 Å². The topological polar surface area (TPSA) is 194 Å². The SMILES string of the molecule is CN(c1ccnc(-c2cccc(-c3ccccn3)n2)c1N(C)[N+](C)(C(=O)O)C(=O)O)[N+](C)(C(=O)O)C(=O)O. The van der Waals surface area contributed by atoms with Gasteiger partial charge in [-0.25, -0.2) is 15.0 Å². The third kappa shape index (κ3) is 4.42. The maximum absolute atomic E-state index is 12.2. The van der Waals surface area contributed by atoms with Crippen LogP contribution in [-0.4, -0.2) is 97.1 Å². The second-order valence-corrected chi connectivity index (χ2v) is 8.25. The van der Waals surface area contributed by atoms with Crippen LogP contribution in [0.1, 0.15) is 0 Å². The Bertz CT molecular complexity index is 1390. The highest BCUT2D eigenvalue weighted by atomic mass is 16.5. The van der Waals surface area contributed by atoms with Crippen molar-refractivity contribution < 1.29 is 48.8 Å². The van der Waals surface area contributed by atoms with E-state index < -0.39 is 33.6 Å². The molecule has 0 bridgehead atoms. The molecule has 0 atom stereocenters. The van der Waals surface area contributed by atoms with E-state index in [-0.39, 0.29) is 22.8 Å². The summed E-state index contributed by atoms with van der Waals surface area (Å²) in [6, 6.07) is 11.3. The molecular weight excluding hydrogens is 502 g/mol. The van der Waals surface area contributed by atoms with Gasteiger partial charge in [-0.05, 0) is 39.5 Å². The third-order valence-electron chi connectivity index (χ3n) is 6.18. The van der Waals surface area contributed by atoms with Gasteiger partial charge < -0.3 is 20.4 Å². The molecule has 38 heavy (non-hydrogen) atoms. The van der Waals surface area contributed by atoms with E-state index in [9.17, 15) is 39.6 Å². The number of hydrogen-bond donors (Lipinski definition) is 4. The van der Waals surface area contributed by atoms with Gasteiger partial charge in [0.25, 0.3) is 0 Å². The Morgan fingerprint density at radius 2 is 1.18 bits per heavy atom. The first-order valence-corrected chi connectivity index (χ1v) is 10.8. The molecule has 0 unspecified atom stereocenters. The quantitative estimate of drug-likeness (QED) is 0.269. The Labute approximate surface area is 215 Å². The van der Waals surface area contributed by atoms with Gasteiger partial charge in [-0.3, -0.25) is 9.97 Å². The van der Waals surface area contributed by atoms with Gasteiger partial charge in [0.2, 0.25) is 0 Å². The standard InChI is InChI=1S/C23H23N7O8/c1-27(29(3,20(31)32)21(33)34)17-11-13-25-18(19(17)28(2)30(4,22(35)36)23(37)38)16-10-7-9-15(26-16)14-8-5-6-12-24-14/h5-13H,1-4H3,(H2-2,31,32,33,34,35,36,37,38)/p+2. The number of amides is 4. The second kappa shape index (κ2) is 10.1.